The molecule has 0 aliphatic heterocycles. The second-order valence-corrected chi connectivity index (χ2v) is 16.9. The lowest BCUT2D eigenvalue weighted by atomic mass is 10.0. The highest BCUT2D eigenvalue weighted by atomic mass is 16.5. The fraction of sp³-hybridized carbons (Fsp3) is 0.918. The number of rotatable bonds is 44. The molecule has 0 fully saturated rings. The lowest BCUT2D eigenvalue weighted by Crippen LogP contribution is -2.46. The molecule has 0 aromatic carbocycles. The van der Waals surface area contributed by atoms with Crippen molar-refractivity contribution in [2.75, 3.05) is 6.61 Å². The van der Waals surface area contributed by atoms with Crippen LogP contribution in [-0.4, -0.2) is 46.9 Å². The van der Waals surface area contributed by atoms with E-state index in [2.05, 4.69) is 38.2 Å². The van der Waals surface area contributed by atoms with Crippen LogP contribution in [0, 0.1) is 0 Å². The topological polar surface area (TPSA) is 95.9 Å². The van der Waals surface area contributed by atoms with Gasteiger partial charge < -0.3 is 20.3 Å². The van der Waals surface area contributed by atoms with E-state index in [4.69, 9.17) is 4.74 Å². The standard InChI is InChI=1S/C49H95NO5/c1-4-7-10-13-16-18-20-22-23-24-26-27-29-32-35-38-41-47(52)46(44-51)50-48(53)43-45(40-37-34-31-15-12-9-6-3)55-49(54)42-39-36-33-30-28-25-21-19-17-14-11-8-5-2/h25,28,45-47,51-52H,4-24,26-27,29-44H2,1-3H3,(H,50,53)/b28-25-. The van der Waals surface area contributed by atoms with Crippen molar-refractivity contribution in [2.45, 2.75) is 283 Å². The van der Waals surface area contributed by atoms with Crippen LogP contribution in [0.3, 0.4) is 0 Å². The zero-order valence-electron chi connectivity index (χ0n) is 37.1. The minimum atomic E-state index is -0.782. The summed E-state index contributed by atoms with van der Waals surface area (Å²) in [5.41, 5.74) is 0. The molecule has 0 aliphatic carbocycles. The van der Waals surface area contributed by atoms with Gasteiger partial charge >= 0.3 is 5.97 Å². The third-order valence-electron chi connectivity index (χ3n) is 11.3. The molecule has 0 aromatic heterocycles. The zero-order valence-corrected chi connectivity index (χ0v) is 37.1. The fourth-order valence-electron chi connectivity index (χ4n) is 7.60. The molecule has 0 saturated heterocycles. The van der Waals surface area contributed by atoms with Gasteiger partial charge in [0, 0.05) is 6.42 Å². The van der Waals surface area contributed by atoms with Crippen LogP contribution in [0.5, 0.6) is 0 Å². The molecule has 0 radical (unpaired) electrons. The number of ether oxygens (including phenoxy) is 1. The summed E-state index contributed by atoms with van der Waals surface area (Å²) in [6, 6.07) is -0.696. The summed E-state index contributed by atoms with van der Waals surface area (Å²) < 4.78 is 5.87. The number of esters is 1. The maximum absolute atomic E-state index is 13.1. The Kier molecular flexibility index (Phi) is 42.6. The SMILES string of the molecule is CCCCCCCC/C=C\CCCCCC(=O)OC(CCCCCCCCC)CC(=O)NC(CO)C(O)CCCCCCCCCCCCCCCCCC. The minimum absolute atomic E-state index is 0.0766. The maximum atomic E-state index is 13.1. The molecule has 0 bridgehead atoms. The number of aliphatic hydroxyl groups excluding tert-OH is 2. The minimum Gasteiger partial charge on any atom is -0.462 e. The molecule has 6 nitrogen and oxygen atoms in total. The molecule has 0 saturated carbocycles. The van der Waals surface area contributed by atoms with Crippen molar-refractivity contribution in [3.05, 3.63) is 12.2 Å². The summed E-state index contributed by atoms with van der Waals surface area (Å²) in [6.45, 7) is 6.45. The van der Waals surface area contributed by atoms with Crippen molar-refractivity contribution in [3.8, 4) is 0 Å². The second-order valence-electron chi connectivity index (χ2n) is 16.9. The van der Waals surface area contributed by atoms with Crippen molar-refractivity contribution in [1.82, 2.24) is 5.32 Å². The highest BCUT2D eigenvalue weighted by Crippen LogP contribution is 2.18. The summed E-state index contributed by atoms with van der Waals surface area (Å²) in [7, 11) is 0. The van der Waals surface area contributed by atoms with Crippen molar-refractivity contribution >= 4 is 11.9 Å². The Morgan fingerprint density at radius 2 is 0.873 bits per heavy atom. The van der Waals surface area contributed by atoms with Gasteiger partial charge in [-0.15, -0.1) is 0 Å². The zero-order chi connectivity index (χ0) is 40.3. The van der Waals surface area contributed by atoms with Crippen LogP contribution in [-0.2, 0) is 14.3 Å². The summed E-state index contributed by atoms with van der Waals surface area (Å²) in [4.78, 5) is 25.9. The molecular formula is C49H95NO5. The summed E-state index contributed by atoms with van der Waals surface area (Å²) in [5.74, 6) is -0.486. The van der Waals surface area contributed by atoms with E-state index in [-0.39, 0.29) is 24.9 Å². The monoisotopic (exact) mass is 778 g/mol. The van der Waals surface area contributed by atoms with Gasteiger partial charge in [-0.25, -0.2) is 0 Å². The Morgan fingerprint density at radius 1 is 0.509 bits per heavy atom. The maximum Gasteiger partial charge on any atom is 0.306 e. The number of hydrogen-bond acceptors (Lipinski definition) is 5. The van der Waals surface area contributed by atoms with Crippen LogP contribution in [0.15, 0.2) is 12.2 Å². The summed E-state index contributed by atoms with van der Waals surface area (Å²) in [5, 5.41) is 23.7. The first-order valence-electron chi connectivity index (χ1n) is 24.4. The number of allylic oxidation sites excluding steroid dienone is 2. The van der Waals surface area contributed by atoms with Gasteiger partial charge in [0.25, 0.3) is 0 Å². The molecule has 0 heterocycles. The predicted octanol–water partition coefficient (Wildman–Crippen LogP) is 14.2. The highest BCUT2D eigenvalue weighted by Gasteiger charge is 2.24. The van der Waals surface area contributed by atoms with E-state index in [1.165, 1.54) is 167 Å². The number of carbonyl (C=O) groups excluding carboxylic acids is 2. The predicted molar refractivity (Wildman–Crippen MR) is 237 cm³/mol. The largest absolute Gasteiger partial charge is 0.462 e. The lowest BCUT2D eigenvalue weighted by molar-refractivity contribution is -0.151. The Hall–Kier alpha value is -1.40. The van der Waals surface area contributed by atoms with Crippen molar-refractivity contribution in [2.24, 2.45) is 0 Å². The van der Waals surface area contributed by atoms with Crippen LogP contribution >= 0.6 is 0 Å². The van der Waals surface area contributed by atoms with Crippen LogP contribution < -0.4 is 5.32 Å². The van der Waals surface area contributed by atoms with Crippen molar-refractivity contribution in [1.29, 1.82) is 0 Å². The third kappa shape index (κ3) is 39.2. The van der Waals surface area contributed by atoms with E-state index < -0.39 is 18.2 Å². The molecule has 0 spiro atoms. The van der Waals surface area contributed by atoms with Gasteiger partial charge in [0.2, 0.25) is 5.91 Å². The molecule has 326 valence electrons. The van der Waals surface area contributed by atoms with E-state index in [1.54, 1.807) is 0 Å². The summed E-state index contributed by atoms with van der Waals surface area (Å²) in [6.07, 6.45) is 47.1. The Morgan fingerprint density at radius 3 is 1.29 bits per heavy atom. The molecule has 3 N–H and O–H groups in total. The first-order valence-corrected chi connectivity index (χ1v) is 24.4. The molecule has 1 amide bonds. The Labute approximate surface area is 342 Å². The number of unbranched alkanes of at least 4 members (excludes halogenated alkanes) is 30. The molecule has 3 atom stereocenters. The lowest BCUT2D eigenvalue weighted by Gasteiger charge is -2.24. The van der Waals surface area contributed by atoms with E-state index in [0.29, 0.717) is 19.3 Å². The number of amides is 1. The van der Waals surface area contributed by atoms with Crippen LogP contribution in [0.2, 0.25) is 0 Å². The Bertz CT molecular complexity index is 832. The van der Waals surface area contributed by atoms with E-state index in [0.717, 1.165) is 51.4 Å². The van der Waals surface area contributed by atoms with Crippen LogP contribution in [0.4, 0.5) is 0 Å². The molecule has 6 heteroatoms. The first-order chi connectivity index (χ1) is 27.0. The second kappa shape index (κ2) is 43.7. The molecule has 0 aliphatic rings. The number of nitrogens with one attached hydrogen (secondary N) is 1. The molecule has 0 rings (SSSR count). The van der Waals surface area contributed by atoms with Gasteiger partial charge in [-0.05, 0) is 51.4 Å². The quantitative estimate of drug-likeness (QED) is 0.0325. The molecular weight excluding hydrogens is 683 g/mol. The normalized spacial score (nSPS) is 13.3. The molecule has 55 heavy (non-hydrogen) atoms. The first kappa shape index (κ1) is 53.6. The van der Waals surface area contributed by atoms with Gasteiger partial charge in [-0.2, -0.15) is 0 Å². The smallest absolute Gasteiger partial charge is 0.306 e. The fourth-order valence-corrected chi connectivity index (χ4v) is 7.60. The van der Waals surface area contributed by atoms with Crippen LogP contribution in [0.25, 0.3) is 0 Å². The van der Waals surface area contributed by atoms with E-state index in [1.807, 2.05) is 0 Å². The van der Waals surface area contributed by atoms with Gasteiger partial charge in [0.15, 0.2) is 0 Å². The van der Waals surface area contributed by atoms with E-state index in [9.17, 15) is 19.8 Å². The average molecular weight is 778 g/mol. The van der Waals surface area contributed by atoms with Crippen molar-refractivity contribution < 1.29 is 24.5 Å². The average Bonchev–Trinajstić information content (AvgIpc) is 3.18. The van der Waals surface area contributed by atoms with Gasteiger partial charge in [-0.1, -0.05) is 213 Å². The van der Waals surface area contributed by atoms with Crippen molar-refractivity contribution in [3.63, 3.8) is 0 Å². The van der Waals surface area contributed by atoms with Crippen LogP contribution in [0.1, 0.15) is 265 Å². The molecule has 3 unspecified atom stereocenters. The number of carbonyl (C=O) groups is 2. The summed E-state index contributed by atoms with van der Waals surface area (Å²) >= 11 is 0. The van der Waals surface area contributed by atoms with Gasteiger partial charge in [-0.3, -0.25) is 9.59 Å². The highest BCUT2D eigenvalue weighted by molar-refractivity contribution is 5.77. The van der Waals surface area contributed by atoms with Gasteiger partial charge in [0.1, 0.15) is 6.10 Å². The Balaban J connectivity index is 4.36. The molecule has 0 aromatic rings. The number of hydrogen-bond donors (Lipinski definition) is 3. The van der Waals surface area contributed by atoms with Gasteiger partial charge in [0.05, 0.1) is 25.2 Å². The van der Waals surface area contributed by atoms with E-state index >= 15 is 0 Å². The number of aliphatic hydroxyl groups is 2. The third-order valence-corrected chi connectivity index (χ3v) is 11.3.